The zero-order chi connectivity index (χ0) is 39.8. The summed E-state index contributed by atoms with van der Waals surface area (Å²) in [6.07, 6.45) is 6.21. The van der Waals surface area contributed by atoms with Crippen LogP contribution < -0.4 is 18.9 Å². The number of ether oxygens (including phenoxy) is 4. The van der Waals surface area contributed by atoms with Gasteiger partial charge in [-0.05, 0) is 96.5 Å². The fraction of sp³-hybridized carbons (Fsp3) is 0.333. The van der Waals surface area contributed by atoms with Crippen molar-refractivity contribution in [3.63, 3.8) is 0 Å². The van der Waals surface area contributed by atoms with Crippen molar-refractivity contribution in [1.29, 1.82) is 0 Å². The average molecular weight is 894 g/mol. The Bertz CT molecular complexity index is 1740. The summed E-state index contributed by atoms with van der Waals surface area (Å²) in [6.45, 7) is 17.2. The van der Waals surface area contributed by atoms with Crippen molar-refractivity contribution in [3.8, 4) is 23.0 Å². The first-order valence-electron chi connectivity index (χ1n) is 17.2. The second-order valence-corrected chi connectivity index (χ2v) is 16.8. The number of hydrogen-bond donors (Lipinski definition) is 0. The molecule has 0 amide bonds. The van der Waals surface area contributed by atoms with Gasteiger partial charge in [-0.2, -0.15) is 0 Å². The van der Waals surface area contributed by atoms with Crippen molar-refractivity contribution in [3.05, 3.63) is 136 Å². The van der Waals surface area contributed by atoms with E-state index in [0.29, 0.717) is 115 Å². The second-order valence-electron chi connectivity index (χ2n) is 13.6. The van der Waals surface area contributed by atoms with E-state index in [1.807, 2.05) is 76.2 Å². The van der Waals surface area contributed by atoms with Gasteiger partial charge in [0.2, 0.25) is 0 Å². The Morgan fingerprint density at radius 2 is 0.611 bits per heavy atom. The molecule has 4 nitrogen and oxygen atoms in total. The molecule has 0 aliphatic heterocycles. The molecule has 54 heavy (non-hydrogen) atoms. The van der Waals surface area contributed by atoms with Crippen LogP contribution in [0.15, 0.2) is 73.8 Å². The monoisotopic (exact) mass is 890 g/mol. The molecule has 0 unspecified atom stereocenters. The molecule has 12 heteroatoms. The van der Waals surface area contributed by atoms with E-state index in [1.165, 1.54) is 0 Å². The third-order valence-corrected chi connectivity index (χ3v) is 11.3. The van der Waals surface area contributed by atoms with Crippen LogP contribution in [0.3, 0.4) is 0 Å². The van der Waals surface area contributed by atoms with Crippen molar-refractivity contribution in [2.45, 2.75) is 64.2 Å². The van der Waals surface area contributed by atoms with Gasteiger partial charge >= 0.3 is 0 Å². The molecule has 290 valence electrons. The van der Waals surface area contributed by atoms with Crippen LogP contribution in [0.2, 0.25) is 40.2 Å². The minimum Gasteiger partial charge on any atom is -0.490 e. The molecule has 0 aliphatic rings. The predicted molar refractivity (Wildman–Crippen MR) is 231 cm³/mol. The normalized spacial score (nSPS) is 11.7. The highest BCUT2D eigenvalue weighted by Gasteiger charge is 2.29. The van der Waals surface area contributed by atoms with Crippen LogP contribution in [-0.4, -0.2) is 26.4 Å². The van der Waals surface area contributed by atoms with Crippen molar-refractivity contribution in [2.75, 3.05) is 26.4 Å². The Hall–Kier alpha value is -2.12. The highest BCUT2D eigenvalue weighted by atomic mass is 35.5. The molecule has 0 fully saturated rings. The van der Waals surface area contributed by atoms with Crippen LogP contribution in [0, 0.1) is 0 Å². The van der Waals surface area contributed by atoms with E-state index in [4.69, 9.17) is 112 Å². The van der Waals surface area contributed by atoms with E-state index in [0.717, 1.165) is 22.3 Å². The van der Waals surface area contributed by atoms with Crippen molar-refractivity contribution in [1.82, 2.24) is 0 Å². The van der Waals surface area contributed by atoms with Gasteiger partial charge in [0.05, 0.1) is 66.6 Å². The minimum absolute atomic E-state index is 0.363. The molecular formula is C42H42Cl8O4. The first kappa shape index (κ1) is 44.6. The highest BCUT2D eigenvalue weighted by Crippen LogP contribution is 2.46. The molecule has 0 atom stereocenters. The molecule has 0 heterocycles. The predicted octanol–water partition coefficient (Wildman–Crippen LogP) is 15.7. The summed E-state index contributed by atoms with van der Waals surface area (Å²) < 4.78 is 23.5. The van der Waals surface area contributed by atoms with Gasteiger partial charge in [0, 0.05) is 10.8 Å². The number of rotatable bonds is 19. The maximum absolute atomic E-state index is 6.71. The van der Waals surface area contributed by atoms with Gasteiger partial charge < -0.3 is 18.9 Å². The fourth-order valence-electron chi connectivity index (χ4n) is 5.61. The summed E-state index contributed by atoms with van der Waals surface area (Å²) in [5.74, 6) is 1.69. The van der Waals surface area contributed by atoms with E-state index in [-0.39, 0.29) is 0 Å². The third-order valence-electron chi connectivity index (χ3n) is 9.05. The first-order valence-corrected chi connectivity index (χ1v) is 20.3. The van der Waals surface area contributed by atoms with Gasteiger partial charge in [-0.25, -0.2) is 0 Å². The lowest BCUT2D eigenvalue weighted by molar-refractivity contribution is 0.266. The molecule has 4 rings (SSSR count). The van der Waals surface area contributed by atoms with Crippen molar-refractivity contribution >= 4 is 92.8 Å². The van der Waals surface area contributed by atoms with Crippen molar-refractivity contribution < 1.29 is 18.9 Å². The van der Waals surface area contributed by atoms with Gasteiger partial charge in [-0.15, -0.1) is 13.2 Å². The molecule has 0 N–H and O–H groups in total. The first-order chi connectivity index (χ1) is 25.5. The average Bonchev–Trinajstić information content (AvgIpc) is 3.10. The van der Waals surface area contributed by atoms with E-state index >= 15 is 0 Å². The maximum Gasteiger partial charge on any atom is 0.156 e. The molecule has 4 aromatic rings. The lowest BCUT2D eigenvalue weighted by Gasteiger charge is -2.28. The van der Waals surface area contributed by atoms with Gasteiger partial charge in [0.25, 0.3) is 0 Å². The number of hydrogen-bond acceptors (Lipinski definition) is 4. The summed E-state index contributed by atoms with van der Waals surface area (Å²) in [5, 5.41) is 3.24. The van der Waals surface area contributed by atoms with Crippen LogP contribution in [-0.2, 0) is 10.8 Å². The van der Waals surface area contributed by atoms with Crippen LogP contribution in [0.4, 0.5) is 0 Å². The SMILES string of the molecule is C=CCCOc1c(Cl)cc(C(C)(C)c2cc(Cl)c(OCCCCOc3c(Cl)cc(C(C)(C)c4cc(Cl)c(OCCC=C)c(Cl)c4)cc3Cl)c(Cl)c2)cc1Cl. The highest BCUT2D eigenvalue weighted by molar-refractivity contribution is 6.39. The lowest BCUT2D eigenvalue weighted by atomic mass is 9.78. The van der Waals surface area contributed by atoms with Crippen LogP contribution in [0.5, 0.6) is 23.0 Å². The summed E-state index contributed by atoms with van der Waals surface area (Å²) in [6, 6.07) is 14.7. The minimum atomic E-state index is -0.542. The summed E-state index contributed by atoms with van der Waals surface area (Å²) in [7, 11) is 0. The van der Waals surface area contributed by atoms with Gasteiger partial charge in [-0.1, -0.05) is 133 Å². The summed E-state index contributed by atoms with van der Waals surface area (Å²) in [4.78, 5) is 0. The van der Waals surface area contributed by atoms with Gasteiger partial charge in [0.15, 0.2) is 23.0 Å². The van der Waals surface area contributed by atoms with E-state index < -0.39 is 10.8 Å². The largest absolute Gasteiger partial charge is 0.490 e. The summed E-state index contributed by atoms with van der Waals surface area (Å²) >= 11 is 53.1. The smallest absolute Gasteiger partial charge is 0.156 e. The van der Waals surface area contributed by atoms with Crippen LogP contribution in [0.25, 0.3) is 0 Å². The summed E-state index contributed by atoms with van der Waals surface area (Å²) in [5.41, 5.74) is 2.39. The van der Waals surface area contributed by atoms with E-state index in [1.54, 1.807) is 12.2 Å². The molecule has 0 aliphatic carbocycles. The zero-order valence-corrected chi connectivity index (χ0v) is 36.5. The Labute approximate surface area is 359 Å². The molecular weight excluding hydrogens is 852 g/mol. The number of benzene rings is 4. The Balaban J connectivity index is 1.35. The second kappa shape index (κ2) is 19.8. The number of unbranched alkanes of at least 4 members (excludes halogenated alkanes) is 1. The topological polar surface area (TPSA) is 36.9 Å². The Kier molecular flexibility index (Phi) is 16.4. The van der Waals surface area contributed by atoms with Crippen LogP contribution in [0.1, 0.15) is 75.6 Å². The van der Waals surface area contributed by atoms with E-state index in [2.05, 4.69) is 13.2 Å². The molecule has 4 aromatic carbocycles. The standard InChI is InChI=1S/C42H42Cl8O4/c1-7-9-13-51-37-29(43)17-25(18-30(37)44)41(3,4)27-21-33(47)39(34(48)22-27)53-15-11-12-16-54-40-35(49)23-28(24-36(40)50)42(5,6)26-19-31(45)38(32(46)20-26)52-14-10-8-2/h7-8,17-24H,1-2,9-16H2,3-6H3. The molecule has 0 spiro atoms. The van der Waals surface area contributed by atoms with Gasteiger partial charge in [-0.3, -0.25) is 0 Å². The quantitative estimate of drug-likeness (QED) is 0.0694. The Morgan fingerprint density at radius 1 is 0.407 bits per heavy atom. The van der Waals surface area contributed by atoms with Crippen molar-refractivity contribution in [2.24, 2.45) is 0 Å². The van der Waals surface area contributed by atoms with Crippen LogP contribution >= 0.6 is 92.8 Å². The lowest BCUT2D eigenvalue weighted by Crippen LogP contribution is -2.19. The molecule has 0 aromatic heterocycles. The number of halogens is 8. The van der Waals surface area contributed by atoms with Gasteiger partial charge in [0.1, 0.15) is 0 Å². The molecule has 0 bridgehead atoms. The third kappa shape index (κ3) is 10.8. The molecule has 0 saturated carbocycles. The Morgan fingerprint density at radius 3 is 0.815 bits per heavy atom. The molecule has 0 radical (unpaired) electrons. The zero-order valence-electron chi connectivity index (χ0n) is 30.5. The molecule has 0 saturated heterocycles. The fourth-order valence-corrected chi connectivity index (χ4v) is 7.99. The van der Waals surface area contributed by atoms with E-state index in [9.17, 15) is 0 Å². The maximum atomic E-state index is 6.71.